The Morgan fingerprint density at radius 2 is 2.17 bits per heavy atom. The molecule has 0 radical (unpaired) electrons. The van der Waals surface area contributed by atoms with E-state index < -0.39 is 0 Å². The minimum absolute atomic E-state index is 0.150. The molecule has 18 heavy (non-hydrogen) atoms. The number of hydrogen-bond acceptors (Lipinski definition) is 4. The van der Waals surface area contributed by atoms with Crippen LogP contribution in [0.25, 0.3) is 0 Å². The molecule has 0 amide bonds. The largest absolute Gasteiger partial charge is 0.435 e. The first-order valence-corrected chi connectivity index (χ1v) is 5.84. The van der Waals surface area contributed by atoms with Crippen molar-refractivity contribution in [3.8, 4) is 11.6 Å². The molecule has 0 atom stereocenters. The fourth-order valence-corrected chi connectivity index (χ4v) is 1.81. The van der Waals surface area contributed by atoms with Gasteiger partial charge in [0.2, 0.25) is 5.88 Å². The Balaban J connectivity index is 2.34. The van der Waals surface area contributed by atoms with Crippen LogP contribution in [0.5, 0.6) is 11.6 Å². The second-order valence-electron chi connectivity index (χ2n) is 4.00. The molecule has 2 aromatic heterocycles. The Morgan fingerprint density at radius 3 is 2.72 bits per heavy atom. The van der Waals surface area contributed by atoms with E-state index in [-0.39, 0.29) is 6.61 Å². The normalized spacial score (nSPS) is 10.7. The molecule has 5 nitrogen and oxygen atoms in total. The summed E-state index contributed by atoms with van der Waals surface area (Å²) in [5.74, 6) is 1.07. The molecule has 6 heteroatoms. The van der Waals surface area contributed by atoms with Crippen molar-refractivity contribution in [2.24, 2.45) is 7.05 Å². The molecule has 96 valence electrons. The standard InChI is InChI=1S/C12H14ClN3O2/c1-7-12(8(2)16(3)15-7)18-11-4-9(6-17)10(13)5-14-11/h4-5,17H,6H2,1-3H3. The van der Waals surface area contributed by atoms with Crippen molar-refractivity contribution in [1.29, 1.82) is 0 Å². The third-order valence-electron chi connectivity index (χ3n) is 2.73. The summed E-state index contributed by atoms with van der Waals surface area (Å²) >= 11 is 5.87. The first kappa shape index (κ1) is 12.9. The second kappa shape index (κ2) is 4.96. The van der Waals surface area contributed by atoms with Gasteiger partial charge in [-0.25, -0.2) is 4.98 Å². The fourth-order valence-electron chi connectivity index (χ4n) is 1.64. The van der Waals surface area contributed by atoms with E-state index in [1.807, 2.05) is 20.9 Å². The number of aliphatic hydroxyl groups is 1. The zero-order chi connectivity index (χ0) is 13.3. The van der Waals surface area contributed by atoms with Crippen LogP contribution in [0.15, 0.2) is 12.3 Å². The van der Waals surface area contributed by atoms with Crippen LogP contribution in [-0.4, -0.2) is 19.9 Å². The molecule has 1 N–H and O–H groups in total. The predicted octanol–water partition coefficient (Wildman–Crippen LogP) is 2.37. The van der Waals surface area contributed by atoms with Crippen molar-refractivity contribution < 1.29 is 9.84 Å². The van der Waals surface area contributed by atoms with Gasteiger partial charge in [0.25, 0.3) is 0 Å². The highest BCUT2D eigenvalue weighted by Crippen LogP contribution is 2.28. The van der Waals surface area contributed by atoms with E-state index in [0.29, 0.717) is 22.2 Å². The van der Waals surface area contributed by atoms with Crippen LogP contribution >= 0.6 is 11.6 Å². The molecule has 0 fully saturated rings. The number of aliphatic hydroxyl groups excluding tert-OH is 1. The Bertz CT molecular complexity index is 581. The van der Waals surface area contributed by atoms with Gasteiger partial charge in [0, 0.05) is 24.9 Å². The Kier molecular flexibility index (Phi) is 3.54. The molecule has 2 aromatic rings. The van der Waals surface area contributed by atoms with Crippen LogP contribution in [-0.2, 0) is 13.7 Å². The van der Waals surface area contributed by atoms with Gasteiger partial charge in [-0.1, -0.05) is 11.6 Å². The maximum absolute atomic E-state index is 9.14. The SMILES string of the molecule is Cc1nn(C)c(C)c1Oc1cc(CO)c(Cl)cn1. The number of ether oxygens (including phenoxy) is 1. The van der Waals surface area contributed by atoms with E-state index in [1.165, 1.54) is 6.20 Å². The zero-order valence-electron chi connectivity index (χ0n) is 10.4. The zero-order valence-corrected chi connectivity index (χ0v) is 11.2. The Hall–Kier alpha value is -1.59. The van der Waals surface area contributed by atoms with Crippen molar-refractivity contribution in [2.75, 3.05) is 0 Å². The van der Waals surface area contributed by atoms with Crippen LogP contribution in [0, 0.1) is 13.8 Å². The highest BCUT2D eigenvalue weighted by molar-refractivity contribution is 6.31. The molecule has 0 aromatic carbocycles. The van der Waals surface area contributed by atoms with Gasteiger partial charge in [0.1, 0.15) is 5.69 Å². The van der Waals surface area contributed by atoms with Crippen molar-refractivity contribution in [2.45, 2.75) is 20.5 Å². The molecule has 2 rings (SSSR count). The van der Waals surface area contributed by atoms with Gasteiger partial charge in [-0.3, -0.25) is 4.68 Å². The average molecular weight is 268 g/mol. The Morgan fingerprint density at radius 1 is 1.44 bits per heavy atom. The van der Waals surface area contributed by atoms with Gasteiger partial charge in [-0.05, 0) is 13.8 Å². The van der Waals surface area contributed by atoms with Crippen molar-refractivity contribution in [3.05, 3.63) is 34.2 Å². The summed E-state index contributed by atoms with van der Waals surface area (Å²) in [4.78, 5) is 4.07. The summed E-state index contributed by atoms with van der Waals surface area (Å²) < 4.78 is 7.44. The van der Waals surface area contributed by atoms with Gasteiger partial charge in [-0.2, -0.15) is 5.10 Å². The summed E-state index contributed by atoms with van der Waals surface area (Å²) in [5, 5.41) is 13.8. The van der Waals surface area contributed by atoms with E-state index in [9.17, 15) is 0 Å². The molecule has 0 aliphatic carbocycles. The molecule has 0 spiro atoms. The van der Waals surface area contributed by atoms with E-state index in [2.05, 4.69) is 10.1 Å². The third-order valence-corrected chi connectivity index (χ3v) is 3.07. The van der Waals surface area contributed by atoms with Crippen LogP contribution < -0.4 is 4.74 Å². The summed E-state index contributed by atoms with van der Waals surface area (Å²) in [7, 11) is 1.85. The Labute approximate surface area is 110 Å². The number of aryl methyl sites for hydroxylation is 2. The predicted molar refractivity (Wildman–Crippen MR) is 67.9 cm³/mol. The number of aromatic nitrogens is 3. The van der Waals surface area contributed by atoms with Crippen LogP contribution in [0.3, 0.4) is 0 Å². The maximum atomic E-state index is 9.14. The highest BCUT2D eigenvalue weighted by Gasteiger charge is 2.13. The molecular weight excluding hydrogens is 254 g/mol. The van der Waals surface area contributed by atoms with Crippen molar-refractivity contribution in [1.82, 2.24) is 14.8 Å². The lowest BCUT2D eigenvalue weighted by molar-refractivity contribution is 0.281. The monoisotopic (exact) mass is 267 g/mol. The van der Waals surface area contributed by atoms with E-state index in [1.54, 1.807) is 10.7 Å². The summed E-state index contributed by atoms with van der Waals surface area (Å²) in [5.41, 5.74) is 2.29. The van der Waals surface area contributed by atoms with E-state index in [4.69, 9.17) is 21.4 Å². The maximum Gasteiger partial charge on any atom is 0.219 e. The smallest absolute Gasteiger partial charge is 0.219 e. The lowest BCUT2D eigenvalue weighted by Crippen LogP contribution is -1.95. The van der Waals surface area contributed by atoms with Crippen molar-refractivity contribution >= 4 is 11.6 Å². The van der Waals surface area contributed by atoms with Gasteiger partial charge in [-0.15, -0.1) is 0 Å². The molecule has 0 saturated heterocycles. The van der Waals surface area contributed by atoms with Gasteiger partial charge in [0.15, 0.2) is 5.75 Å². The molecular formula is C12H14ClN3O2. The highest BCUT2D eigenvalue weighted by atomic mass is 35.5. The fraction of sp³-hybridized carbons (Fsp3) is 0.333. The summed E-state index contributed by atoms with van der Waals surface area (Å²) in [6, 6.07) is 1.62. The van der Waals surface area contributed by atoms with Crippen LogP contribution in [0.1, 0.15) is 17.0 Å². The summed E-state index contributed by atoms with van der Waals surface area (Å²) in [6.07, 6.45) is 1.46. The van der Waals surface area contributed by atoms with Gasteiger partial charge < -0.3 is 9.84 Å². The molecule has 0 bridgehead atoms. The second-order valence-corrected chi connectivity index (χ2v) is 4.40. The van der Waals surface area contributed by atoms with Gasteiger partial charge >= 0.3 is 0 Å². The first-order valence-electron chi connectivity index (χ1n) is 5.46. The molecule has 0 aliphatic rings. The van der Waals surface area contributed by atoms with E-state index >= 15 is 0 Å². The molecule has 0 saturated carbocycles. The molecule has 0 unspecified atom stereocenters. The number of nitrogens with zero attached hydrogens (tertiary/aromatic N) is 3. The quantitative estimate of drug-likeness (QED) is 0.927. The summed E-state index contributed by atoms with van der Waals surface area (Å²) in [6.45, 7) is 3.63. The van der Waals surface area contributed by atoms with Crippen LogP contribution in [0.4, 0.5) is 0 Å². The minimum Gasteiger partial charge on any atom is -0.435 e. The lowest BCUT2D eigenvalue weighted by atomic mass is 10.3. The van der Waals surface area contributed by atoms with Gasteiger partial charge in [0.05, 0.1) is 17.3 Å². The number of rotatable bonds is 3. The minimum atomic E-state index is -0.150. The first-order chi connectivity index (χ1) is 8.52. The molecule has 0 aliphatic heterocycles. The lowest BCUT2D eigenvalue weighted by Gasteiger charge is -2.07. The number of pyridine rings is 1. The van der Waals surface area contributed by atoms with Crippen molar-refractivity contribution in [3.63, 3.8) is 0 Å². The topological polar surface area (TPSA) is 60.2 Å². The molecule has 2 heterocycles. The van der Waals surface area contributed by atoms with Crippen LogP contribution in [0.2, 0.25) is 5.02 Å². The average Bonchev–Trinajstić information content (AvgIpc) is 2.58. The number of hydrogen-bond donors (Lipinski definition) is 1. The van der Waals surface area contributed by atoms with E-state index in [0.717, 1.165) is 11.4 Å². The number of halogens is 1. The third kappa shape index (κ3) is 2.32.